The van der Waals surface area contributed by atoms with Gasteiger partial charge < -0.3 is 15.6 Å². The van der Waals surface area contributed by atoms with Gasteiger partial charge >= 0.3 is 0 Å². The highest BCUT2D eigenvalue weighted by atomic mass is 32.2. The van der Waals surface area contributed by atoms with E-state index in [-0.39, 0.29) is 18.2 Å². The highest BCUT2D eigenvalue weighted by Gasteiger charge is 2.29. The number of imidazole rings is 1. The summed E-state index contributed by atoms with van der Waals surface area (Å²) < 4.78 is 25.7. The van der Waals surface area contributed by atoms with Crippen molar-refractivity contribution in [3.63, 3.8) is 0 Å². The van der Waals surface area contributed by atoms with E-state index in [1.807, 2.05) is 0 Å². The molecule has 2 aliphatic heterocycles. The van der Waals surface area contributed by atoms with Gasteiger partial charge in [0.25, 0.3) is 0 Å². The van der Waals surface area contributed by atoms with Crippen LogP contribution >= 0.6 is 0 Å². The van der Waals surface area contributed by atoms with E-state index < -0.39 is 16.1 Å². The Morgan fingerprint density at radius 1 is 1.41 bits per heavy atom. The van der Waals surface area contributed by atoms with E-state index in [9.17, 15) is 13.2 Å². The van der Waals surface area contributed by atoms with E-state index in [4.69, 9.17) is 0 Å². The second-order valence-electron chi connectivity index (χ2n) is 5.62. The van der Waals surface area contributed by atoms with Crippen LogP contribution < -0.4 is 10.6 Å². The lowest BCUT2D eigenvalue weighted by molar-refractivity contribution is -0.123. The molecule has 9 heteroatoms. The number of hydrogen-bond acceptors (Lipinski definition) is 5. The molecule has 1 amide bonds. The van der Waals surface area contributed by atoms with Gasteiger partial charge in [0.2, 0.25) is 15.9 Å². The average molecular weight is 327 g/mol. The number of carbonyl (C=O) groups excluding carboxylic acids is 1. The molecule has 0 radical (unpaired) electrons. The minimum atomic E-state index is -3.26. The lowest BCUT2D eigenvalue weighted by Crippen LogP contribution is -2.43. The zero-order valence-corrected chi connectivity index (χ0v) is 13.2. The zero-order valence-electron chi connectivity index (χ0n) is 12.3. The van der Waals surface area contributed by atoms with Crippen LogP contribution in [0.15, 0.2) is 6.33 Å². The molecule has 122 valence electrons. The second-order valence-corrected chi connectivity index (χ2v) is 7.71. The third kappa shape index (κ3) is 3.16. The molecule has 1 atom stereocenters. The maximum absolute atomic E-state index is 12.2. The quantitative estimate of drug-likeness (QED) is 0.652. The fourth-order valence-corrected chi connectivity index (χ4v) is 4.37. The molecule has 8 nitrogen and oxygen atoms in total. The summed E-state index contributed by atoms with van der Waals surface area (Å²) in [5.41, 5.74) is 1.66. The van der Waals surface area contributed by atoms with Gasteiger partial charge in [-0.1, -0.05) is 0 Å². The summed E-state index contributed by atoms with van der Waals surface area (Å²) >= 11 is 0. The smallest absolute Gasteiger partial charge is 0.243 e. The van der Waals surface area contributed by atoms with E-state index in [1.54, 1.807) is 6.33 Å². The molecule has 1 saturated heterocycles. The first-order valence-corrected chi connectivity index (χ1v) is 9.20. The van der Waals surface area contributed by atoms with Crippen molar-refractivity contribution < 1.29 is 13.2 Å². The maximum Gasteiger partial charge on any atom is 0.243 e. The summed E-state index contributed by atoms with van der Waals surface area (Å²) in [6, 6.07) is -0.510. The Labute approximate surface area is 129 Å². The summed E-state index contributed by atoms with van der Waals surface area (Å²) in [6.45, 7) is 2.00. The topological polar surface area (TPSA) is 107 Å². The Morgan fingerprint density at radius 2 is 2.18 bits per heavy atom. The highest BCUT2D eigenvalue weighted by molar-refractivity contribution is 7.89. The minimum absolute atomic E-state index is 0.0567. The predicted molar refractivity (Wildman–Crippen MR) is 80.6 cm³/mol. The van der Waals surface area contributed by atoms with Crippen LogP contribution in [0, 0.1) is 0 Å². The van der Waals surface area contributed by atoms with Gasteiger partial charge in [0.15, 0.2) is 0 Å². The van der Waals surface area contributed by atoms with Gasteiger partial charge in [0, 0.05) is 38.3 Å². The Hall–Kier alpha value is -1.45. The fraction of sp³-hybridized carbons (Fsp3) is 0.692. The molecular weight excluding hydrogens is 306 g/mol. The highest BCUT2D eigenvalue weighted by Crippen LogP contribution is 2.19. The van der Waals surface area contributed by atoms with Crippen LogP contribution in [0.1, 0.15) is 30.3 Å². The first-order chi connectivity index (χ1) is 10.6. The molecule has 1 unspecified atom stereocenters. The van der Waals surface area contributed by atoms with Crippen molar-refractivity contribution >= 4 is 15.9 Å². The molecule has 1 aromatic heterocycles. The fourth-order valence-electron chi connectivity index (χ4n) is 2.94. The maximum atomic E-state index is 12.2. The molecule has 3 heterocycles. The van der Waals surface area contributed by atoms with Gasteiger partial charge in [-0.15, -0.1) is 0 Å². The molecule has 3 rings (SSSR count). The Balaban J connectivity index is 1.53. The Bertz CT molecular complexity index is 636. The Morgan fingerprint density at radius 3 is 2.95 bits per heavy atom. The molecular formula is C13H21N5O3S. The van der Waals surface area contributed by atoms with E-state index in [0.717, 1.165) is 25.0 Å². The lowest BCUT2D eigenvalue weighted by Gasteiger charge is -2.22. The van der Waals surface area contributed by atoms with Crippen LogP contribution in [-0.4, -0.2) is 60.5 Å². The number of aromatic amines is 1. The minimum Gasteiger partial charge on any atom is -0.353 e. The van der Waals surface area contributed by atoms with Crippen molar-refractivity contribution in [1.29, 1.82) is 0 Å². The van der Waals surface area contributed by atoms with Crippen LogP contribution in [0.5, 0.6) is 0 Å². The van der Waals surface area contributed by atoms with Crippen LogP contribution in [0.3, 0.4) is 0 Å². The van der Waals surface area contributed by atoms with Crippen LogP contribution in [0.25, 0.3) is 0 Å². The monoisotopic (exact) mass is 327 g/mol. The number of nitrogens with one attached hydrogen (secondary N) is 3. The molecule has 0 aromatic carbocycles. The zero-order chi connectivity index (χ0) is 15.6. The summed E-state index contributed by atoms with van der Waals surface area (Å²) in [7, 11) is -3.26. The third-order valence-electron chi connectivity index (χ3n) is 4.13. The summed E-state index contributed by atoms with van der Waals surface area (Å²) in [5.74, 6) is -0.288. The van der Waals surface area contributed by atoms with Gasteiger partial charge in [-0.05, 0) is 12.8 Å². The largest absolute Gasteiger partial charge is 0.353 e. The van der Waals surface area contributed by atoms with Crippen LogP contribution in [0.2, 0.25) is 0 Å². The molecule has 0 bridgehead atoms. The molecule has 22 heavy (non-hydrogen) atoms. The van der Waals surface area contributed by atoms with E-state index >= 15 is 0 Å². The number of H-pyrrole nitrogens is 1. The molecule has 1 fully saturated rings. The van der Waals surface area contributed by atoms with Crippen LogP contribution in [-0.2, 0) is 21.2 Å². The number of carbonyl (C=O) groups is 1. The first-order valence-electron chi connectivity index (χ1n) is 7.59. The average Bonchev–Trinajstić information content (AvgIpc) is 3.17. The van der Waals surface area contributed by atoms with Gasteiger partial charge in [-0.25, -0.2) is 17.7 Å². The number of amides is 1. The number of aromatic nitrogens is 2. The predicted octanol–water partition coefficient (Wildman–Crippen LogP) is -0.862. The van der Waals surface area contributed by atoms with Crippen molar-refractivity contribution in [3.05, 3.63) is 17.7 Å². The molecule has 2 aliphatic rings. The van der Waals surface area contributed by atoms with E-state index in [2.05, 4.69) is 20.6 Å². The van der Waals surface area contributed by atoms with Crippen molar-refractivity contribution in [2.24, 2.45) is 0 Å². The van der Waals surface area contributed by atoms with Crippen molar-refractivity contribution in [2.45, 2.75) is 25.3 Å². The second kappa shape index (κ2) is 6.35. The Kier molecular flexibility index (Phi) is 4.46. The molecule has 0 saturated carbocycles. The first kappa shape index (κ1) is 15.4. The number of nitrogens with zero attached hydrogens (tertiary/aromatic N) is 2. The van der Waals surface area contributed by atoms with Gasteiger partial charge in [0.05, 0.1) is 17.8 Å². The lowest BCUT2D eigenvalue weighted by atomic mass is 10.1. The van der Waals surface area contributed by atoms with Gasteiger partial charge in [-0.3, -0.25) is 4.79 Å². The van der Waals surface area contributed by atoms with Crippen molar-refractivity contribution in [1.82, 2.24) is 24.9 Å². The van der Waals surface area contributed by atoms with Crippen LogP contribution in [0.4, 0.5) is 0 Å². The van der Waals surface area contributed by atoms with E-state index in [1.165, 1.54) is 4.31 Å². The summed E-state index contributed by atoms with van der Waals surface area (Å²) in [4.78, 5) is 19.4. The van der Waals surface area contributed by atoms with Crippen molar-refractivity contribution in [2.75, 3.05) is 31.9 Å². The molecule has 3 N–H and O–H groups in total. The van der Waals surface area contributed by atoms with Gasteiger partial charge in [0.1, 0.15) is 6.04 Å². The SMILES string of the molecule is O=C(NCCS(=O)(=O)N1CCCC1)C1NCCc2[nH]cnc21. The number of rotatable bonds is 5. The number of hydrogen-bond donors (Lipinski definition) is 3. The number of sulfonamides is 1. The molecule has 1 aromatic rings. The standard InChI is InChI=1S/C13H21N5O3S/c19-13(12-11-10(3-4-14-12)16-9-17-11)15-5-8-22(20,21)18-6-1-2-7-18/h9,12,14H,1-8H2,(H,15,19)(H,16,17). The third-order valence-corrected chi connectivity index (χ3v) is 6.00. The van der Waals surface area contributed by atoms with Gasteiger partial charge in [-0.2, -0.15) is 0 Å². The van der Waals surface area contributed by atoms with E-state index in [0.29, 0.717) is 25.3 Å². The normalized spacial score (nSPS) is 22.5. The number of fused-ring (bicyclic) bond motifs is 1. The molecule has 0 spiro atoms. The summed E-state index contributed by atoms with van der Waals surface area (Å²) in [5, 5.41) is 5.81. The summed E-state index contributed by atoms with van der Waals surface area (Å²) in [6.07, 6.45) is 4.22. The molecule has 0 aliphatic carbocycles. The van der Waals surface area contributed by atoms with Crippen molar-refractivity contribution in [3.8, 4) is 0 Å².